The van der Waals surface area contributed by atoms with Crippen molar-refractivity contribution < 1.29 is 23.9 Å². The molecule has 0 aromatic heterocycles. The van der Waals surface area contributed by atoms with Crippen LogP contribution in [0.4, 0.5) is 5.69 Å². The maximum Gasteiger partial charge on any atom is 0.344 e. The third kappa shape index (κ3) is 6.28. The first-order valence-electron chi connectivity index (χ1n) is 8.33. The summed E-state index contributed by atoms with van der Waals surface area (Å²) in [4.78, 5) is 36.3. The van der Waals surface area contributed by atoms with Crippen LogP contribution < -0.4 is 10.1 Å². The van der Waals surface area contributed by atoms with Gasteiger partial charge < -0.3 is 14.8 Å². The van der Waals surface area contributed by atoms with Crippen molar-refractivity contribution in [1.29, 1.82) is 0 Å². The van der Waals surface area contributed by atoms with E-state index in [2.05, 4.69) is 5.32 Å². The number of nitrogens with one attached hydrogen (secondary N) is 1. The van der Waals surface area contributed by atoms with Gasteiger partial charge in [-0.2, -0.15) is 0 Å². The molecule has 0 spiro atoms. The van der Waals surface area contributed by atoms with E-state index in [1.165, 1.54) is 18.7 Å². The van der Waals surface area contributed by atoms with E-state index in [4.69, 9.17) is 21.1 Å². The number of hydrogen-bond donors (Lipinski definition) is 1. The number of halogens is 1. The van der Waals surface area contributed by atoms with Crippen LogP contribution >= 0.6 is 23.4 Å². The molecule has 0 aliphatic carbocycles. The van der Waals surface area contributed by atoms with Gasteiger partial charge in [0.2, 0.25) is 5.91 Å². The second-order valence-corrected chi connectivity index (χ2v) is 7.16. The second kappa shape index (κ2) is 10.1. The molecule has 0 aliphatic rings. The summed E-state index contributed by atoms with van der Waals surface area (Å²) < 4.78 is 10.3. The summed E-state index contributed by atoms with van der Waals surface area (Å²) in [7, 11) is 0. The second-order valence-electron chi connectivity index (χ2n) is 5.90. The van der Waals surface area contributed by atoms with Crippen molar-refractivity contribution in [2.24, 2.45) is 0 Å². The molecule has 2 rings (SSSR count). The highest BCUT2D eigenvalue weighted by Crippen LogP contribution is 2.27. The Morgan fingerprint density at radius 2 is 1.86 bits per heavy atom. The first-order valence-corrected chi connectivity index (χ1v) is 9.94. The maximum atomic E-state index is 12.3. The molecule has 2 aromatic carbocycles. The van der Waals surface area contributed by atoms with Gasteiger partial charge in [-0.25, -0.2) is 4.79 Å². The third-order valence-corrected chi connectivity index (χ3v) is 4.74. The normalized spacial score (nSPS) is 10.3. The molecule has 28 heavy (non-hydrogen) atoms. The van der Waals surface area contributed by atoms with E-state index in [0.29, 0.717) is 22.0 Å². The molecular formula is C20H20ClNO5S. The molecule has 0 saturated heterocycles. The number of Topliss-reactive ketones (excluding diaryl/α,β-unsaturated/α-hetero) is 1. The minimum atomic E-state index is -0.686. The van der Waals surface area contributed by atoms with Gasteiger partial charge in [0, 0.05) is 17.4 Å². The van der Waals surface area contributed by atoms with Gasteiger partial charge in [-0.15, -0.1) is 11.8 Å². The maximum absolute atomic E-state index is 12.3. The predicted octanol–water partition coefficient (Wildman–Crippen LogP) is 4.13. The average molecular weight is 422 g/mol. The predicted molar refractivity (Wildman–Crippen MR) is 110 cm³/mol. The number of hydrogen-bond acceptors (Lipinski definition) is 6. The third-order valence-electron chi connectivity index (χ3n) is 3.63. The van der Waals surface area contributed by atoms with Crippen LogP contribution in [0, 0.1) is 6.92 Å². The summed E-state index contributed by atoms with van der Waals surface area (Å²) in [5, 5.41) is 3.06. The molecule has 0 fully saturated rings. The molecular weight excluding hydrogens is 402 g/mol. The quantitative estimate of drug-likeness (QED) is 0.392. The molecule has 1 amide bonds. The summed E-state index contributed by atoms with van der Waals surface area (Å²) in [5.74, 6) is -0.939. The van der Waals surface area contributed by atoms with Gasteiger partial charge >= 0.3 is 5.97 Å². The standard InChI is InChI=1S/C20H20ClNO5S/c1-12-4-6-15(21)18(8-12)26-11-20(25)27-10-17(24)14-5-7-19(28-3)16(9-14)22-13(2)23/h4-9H,10-11H2,1-3H3,(H,22,23). The molecule has 8 heteroatoms. The number of aryl methyl sites for hydroxylation is 1. The van der Waals surface area contributed by atoms with Crippen LogP contribution in [-0.4, -0.2) is 37.1 Å². The molecule has 6 nitrogen and oxygen atoms in total. The van der Waals surface area contributed by atoms with Crippen molar-refractivity contribution in [1.82, 2.24) is 0 Å². The lowest BCUT2D eigenvalue weighted by Crippen LogP contribution is -2.20. The Bertz CT molecular complexity index is 900. The number of ketones is 1. The number of esters is 1. The van der Waals surface area contributed by atoms with Crippen LogP contribution in [0.1, 0.15) is 22.8 Å². The van der Waals surface area contributed by atoms with Gasteiger partial charge in [-0.3, -0.25) is 9.59 Å². The van der Waals surface area contributed by atoms with E-state index >= 15 is 0 Å². The van der Waals surface area contributed by atoms with Crippen LogP contribution in [0.25, 0.3) is 0 Å². The van der Waals surface area contributed by atoms with Crippen LogP contribution in [0.15, 0.2) is 41.3 Å². The molecule has 148 valence electrons. The Hall–Kier alpha value is -2.51. The summed E-state index contributed by atoms with van der Waals surface area (Å²) in [5.41, 5.74) is 1.80. The van der Waals surface area contributed by atoms with Crippen molar-refractivity contribution >= 4 is 46.7 Å². The highest BCUT2D eigenvalue weighted by molar-refractivity contribution is 7.98. The van der Waals surface area contributed by atoms with Gasteiger partial charge in [0.25, 0.3) is 0 Å². The van der Waals surface area contributed by atoms with Crippen LogP contribution in [0.2, 0.25) is 5.02 Å². The number of thioether (sulfide) groups is 1. The van der Waals surface area contributed by atoms with E-state index < -0.39 is 12.6 Å². The minimum absolute atomic E-state index is 0.238. The molecule has 2 aromatic rings. The highest BCUT2D eigenvalue weighted by Gasteiger charge is 2.14. The van der Waals surface area contributed by atoms with Crippen LogP contribution in [0.5, 0.6) is 5.75 Å². The number of carbonyl (C=O) groups excluding carboxylic acids is 3. The van der Waals surface area contributed by atoms with E-state index in [1.807, 2.05) is 19.2 Å². The first kappa shape index (κ1) is 21.8. The SMILES string of the molecule is CSc1ccc(C(=O)COC(=O)COc2cc(C)ccc2Cl)cc1NC(C)=O. The van der Waals surface area contributed by atoms with Crippen molar-refractivity contribution in [3.63, 3.8) is 0 Å². The molecule has 0 heterocycles. The Labute approximate surface area is 172 Å². The van der Waals surface area contributed by atoms with Gasteiger partial charge in [0.05, 0.1) is 10.7 Å². The molecule has 0 radical (unpaired) electrons. The minimum Gasteiger partial charge on any atom is -0.480 e. The smallest absolute Gasteiger partial charge is 0.344 e. The lowest BCUT2D eigenvalue weighted by molar-refractivity contribution is -0.144. The molecule has 0 bridgehead atoms. The van der Waals surface area contributed by atoms with Gasteiger partial charge in [-0.1, -0.05) is 23.7 Å². The molecule has 0 saturated carbocycles. The topological polar surface area (TPSA) is 81.7 Å². The fraction of sp³-hybridized carbons (Fsp3) is 0.250. The van der Waals surface area contributed by atoms with E-state index in [-0.39, 0.29) is 18.3 Å². The first-order chi connectivity index (χ1) is 13.3. The number of benzene rings is 2. The number of amides is 1. The molecule has 0 atom stereocenters. The lowest BCUT2D eigenvalue weighted by atomic mass is 10.1. The van der Waals surface area contributed by atoms with Gasteiger partial charge in [0.15, 0.2) is 19.0 Å². The monoisotopic (exact) mass is 421 g/mol. The summed E-state index contributed by atoms with van der Waals surface area (Å²) in [6, 6.07) is 10.1. The van der Waals surface area contributed by atoms with Crippen LogP contribution in [0.3, 0.4) is 0 Å². The molecule has 1 N–H and O–H groups in total. The summed E-state index contributed by atoms with van der Waals surface area (Å²) in [6.45, 7) is 2.47. The number of rotatable bonds is 8. The molecule has 0 aliphatic heterocycles. The van der Waals surface area contributed by atoms with Gasteiger partial charge in [-0.05, 0) is 43.0 Å². The lowest BCUT2D eigenvalue weighted by Gasteiger charge is -2.11. The Morgan fingerprint density at radius 1 is 1.11 bits per heavy atom. The average Bonchev–Trinajstić information content (AvgIpc) is 2.66. The van der Waals surface area contributed by atoms with E-state index in [0.717, 1.165) is 10.5 Å². The highest BCUT2D eigenvalue weighted by atomic mass is 35.5. The Balaban J connectivity index is 1.93. The van der Waals surface area contributed by atoms with Crippen LogP contribution in [-0.2, 0) is 14.3 Å². The zero-order valence-electron chi connectivity index (χ0n) is 15.7. The Kier molecular flexibility index (Phi) is 7.90. The van der Waals surface area contributed by atoms with Crippen molar-refractivity contribution in [3.8, 4) is 5.75 Å². The fourth-order valence-corrected chi connectivity index (χ4v) is 3.00. The van der Waals surface area contributed by atoms with Crippen molar-refractivity contribution in [2.45, 2.75) is 18.7 Å². The van der Waals surface area contributed by atoms with Crippen molar-refractivity contribution in [2.75, 3.05) is 24.8 Å². The number of carbonyl (C=O) groups is 3. The number of ether oxygens (including phenoxy) is 2. The van der Waals surface area contributed by atoms with E-state index in [9.17, 15) is 14.4 Å². The van der Waals surface area contributed by atoms with Gasteiger partial charge in [0.1, 0.15) is 5.75 Å². The largest absolute Gasteiger partial charge is 0.480 e. The summed E-state index contributed by atoms with van der Waals surface area (Å²) in [6.07, 6.45) is 1.87. The van der Waals surface area contributed by atoms with E-state index in [1.54, 1.807) is 30.3 Å². The summed E-state index contributed by atoms with van der Waals surface area (Å²) >= 11 is 7.44. The molecule has 0 unspecified atom stereocenters. The zero-order valence-corrected chi connectivity index (χ0v) is 17.3. The number of anilines is 1. The van der Waals surface area contributed by atoms with Crippen molar-refractivity contribution in [3.05, 3.63) is 52.5 Å². The zero-order chi connectivity index (χ0) is 20.7. The fourth-order valence-electron chi connectivity index (χ4n) is 2.30. The Morgan fingerprint density at radius 3 is 2.54 bits per heavy atom.